The Morgan fingerprint density at radius 2 is 1.74 bits per heavy atom. The van der Waals surface area contributed by atoms with E-state index in [0.29, 0.717) is 18.7 Å². The van der Waals surface area contributed by atoms with E-state index in [9.17, 15) is 14.7 Å². The Morgan fingerprint density at radius 1 is 1.06 bits per heavy atom. The number of likely N-dealkylation sites (tertiary alicyclic amines) is 1. The maximum Gasteiger partial charge on any atom is 0.295 e. The molecule has 4 rings (SSSR count). The molecule has 1 N–H and O–H groups in total. The van der Waals surface area contributed by atoms with Crippen molar-refractivity contribution in [3.8, 4) is 0 Å². The molecule has 0 saturated carbocycles. The minimum atomic E-state index is -0.649. The Kier molecular flexibility index (Phi) is 5.71. The molecule has 2 aliphatic heterocycles. The molecule has 1 amide bonds. The van der Waals surface area contributed by atoms with Crippen molar-refractivity contribution in [2.45, 2.75) is 51.2 Å². The molecule has 2 unspecified atom stereocenters. The summed E-state index contributed by atoms with van der Waals surface area (Å²) in [5.74, 6) is -1.37. The second-order valence-electron chi connectivity index (χ2n) is 9.32. The minimum Gasteiger partial charge on any atom is -0.507 e. The number of ether oxygens (including phenoxy) is 1. The normalized spacial score (nSPS) is 23.5. The zero-order valence-electron chi connectivity index (χ0n) is 18.3. The average Bonchev–Trinajstić information content (AvgIpc) is 3.36. The third-order valence-electron chi connectivity index (χ3n) is 6.10. The monoisotopic (exact) mass is 419 g/mol. The summed E-state index contributed by atoms with van der Waals surface area (Å²) in [5.41, 5.74) is 2.62. The van der Waals surface area contributed by atoms with Crippen molar-refractivity contribution >= 4 is 17.4 Å². The maximum absolute atomic E-state index is 13.1. The highest BCUT2D eigenvalue weighted by atomic mass is 16.5. The van der Waals surface area contributed by atoms with E-state index in [1.54, 1.807) is 29.2 Å². The number of amides is 1. The van der Waals surface area contributed by atoms with Crippen LogP contribution < -0.4 is 0 Å². The Balaban J connectivity index is 1.81. The second-order valence-corrected chi connectivity index (χ2v) is 9.32. The fourth-order valence-electron chi connectivity index (χ4n) is 4.34. The lowest BCUT2D eigenvalue weighted by Crippen LogP contribution is -2.36. The van der Waals surface area contributed by atoms with Gasteiger partial charge in [0.25, 0.3) is 11.7 Å². The maximum atomic E-state index is 13.1. The molecular formula is C26H29NO4. The summed E-state index contributed by atoms with van der Waals surface area (Å²) in [6.45, 7) is 7.42. The number of Topliss-reactive ketones (excluding diaryl/α,β-unsaturated/α-hetero) is 1. The molecule has 5 nitrogen and oxygen atoms in total. The van der Waals surface area contributed by atoms with Gasteiger partial charge in [-0.15, -0.1) is 0 Å². The number of nitrogens with zero attached hydrogens (tertiary/aromatic N) is 1. The molecule has 0 spiro atoms. The fourth-order valence-corrected chi connectivity index (χ4v) is 4.34. The van der Waals surface area contributed by atoms with Crippen LogP contribution in [0.15, 0.2) is 60.2 Å². The van der Waals surface area contributed by atoms with Gasteiger partial charge in [-0.2, -0.15) is 0 Å². The third kappa shape index (κ3) is 4.15. The van der Waals surface area contributed by atoms with Gasteiger partial charge in [0.15, 0.2) is 0 Å². The number of hydrogen-bond donors (Lipinski definition) is 1. The first-order chi connectivity index (χ1) is 14.8. The van der Waals surface area contributed by atoms with Gasteiger partial charge in [0, 0.05) is 18.7 Å². The van der Waals surface area contributed by atoms with Crippen molar-refractivity contribution in [2.24, 2.45) is 0 Å². The van der Waals surface area contributed by atoms with Gasteiger partial charge in [-0.1, -0.05) is 75.4 Å². The highest BCUT2D eigenvalue weighted by Crippen LogP contribution is 2.40. The van der Waals surface area contributed by atoms with Crippen LogP contribution >= 0.6 is 0 Å². The zero-order chi connectivity index (χ0) is 22.2. The van der Waals surface area contributed by atoms with E-state index in [0.717, 1.165) is 24.0 Å². The van der Waals surface area contributed by atoms with Crippen molar-refractivity contribution in [1.82, 2.24) is 4.90 Å². The second kappa shape index (κ2) is 8.31. The lowest BCUT2D eigenvalue weighted by atomic mass is 9.85. The molecule has 2 aromatic carbocycles. The van der Waals surface area contributed by atoms with Crippen LogP contribution in [0.4, 0.5) is 0 Å². The number of aliphatic hydroxyl groups is 1. The molecule has 2 fully saturated rings. The molecule has 2 atom stereocenters. The summed E-state index contributed by atoms with van der Waals surface area (Å²) >= 11 is 0. The molecule has 0 radical (unpaired) electrons. The van der Waals surface area contributed by atoms with Crippen LogP contribution in [-0.2, 0) is 19.7 Å². The molecule has 5 heteroatoms. The van der Waals surface area contributed by atoms with Crippen LogP contribution in [0.25, 0.3) is 5.76 Å². The zero-order valence-corrected chi connectivity index (χ0v) is 18.3. The largest absolute Gasteiger partial charge is 0.507 e. The topological polar surface area (TPSA) is 66.8 Å². The number of aliphatic hydroxyl groups excluding tert-OH is 1. The van der Waals surface area contributed by atoms with E-state index >= 15 is 0 Å². The highest BCUT2D eigenvalue weighted by molar-refractivity contribution is 6.46. The van der Waals surface area contributed by atoms with E-state index in [1.165, 1.54) is 0 Å². The number of benzene rings is 2. The van der Waals surface area contributed by atoms with Gasteiger partial charge in [-0.25, -0.2) is 0 Å². The molecule has 2 heterocycles. The van der Waals surface area contributed by atoms with Crippen molar-refractivity contribution in [3.63, 3.8) is 0 Å². The molecule has 0 aliphatic carbocycles. The van der Waals surface area contributed by atoms with Gasteiger partial charge in [0.2, 0.25) is 0 Å². The summed E-state index contributed by atoms with van der Waals surface area (Å²) < 4.78 is 5.74. The van der Waals surface area contributed by atoms with Crippen LogP contribution in [0.5, 0.6) is 0 Å². The highest BCUT2D eigenvalue weighted by Gasteiger charge is 2.47. The van der Waals surface area contributed by atoms with Crippen molar-refractivity contribution < 1.29 is 19.4 Å². The smallest absolute Gasteiger partial charge is 0.295 e. The third-order valence-corrected chi connectivity index (χ3v) is 6.10. The Morgan fingerprint density at radius 3 is 2.32 bits per heavy atom. The molecule has 2 saturated heterocycles. The van der Waals surface area contributed by atoms with Crippen LogP contribution in [0.1, 0.15) is 56.3 Å². The molecule has 31 heavy (non-hydrogen) atoms. The van der Waals surface area contributed by atoms with Gasteiger partial charge in [-0.05, 0) is 29.4 Å². The first-order valence-corrected chi connectivity index (χ1v) is 10.8. The van der Waals surface area contributed by atoms with Gasteiger partial charge < -0.3 is 14.7 Å². The molecule has 0 bridgehead atoms. The number of carbonyl (C=O) groups excluding carboxylic acids is 2. The summed E-state index contributed by atoms with van der Waals surface area (Å²) in [6.07, 6.45) is 1.72. The quantitative estimate of drug-likeness (QED) is 0.447. The lowest BCUT2D eigenvalue weighted by molar-refractivity contribution is -0.140. The lowest BCUT2D eigenvalue weighted by Gasteiger charge is -2.28. The van der Waals surface area contributed by atoms with Crippen molar-refractivity contribution in [1.29, 1.82) is 0 Å². The van der Waals surface area contributed by atoms with Crippen LogP contribution in [0.2, 0.25) is 0 Å². The molecule has 0 aromatic heterocycles. The number of carbonyl (C=O) groups is 2. The van der Waals surface area contributed by atoms with Crippen LogP contribution in [0.3, 0.4) is 0 Å². The number of ketones is 1. The summed E-state index contributed by atoms with van der Waals surface area (Å²) in [6, 6.07) is 16.2. The van der Waals surface area contributed by atoms with Gasteiger partial charge >= 0.3 is 0 Å². The van der Waals surface area contributed by atoms with Gasteiger partial charge in [-0.3, -0.25) is 9.59 Å². The van der Waals surface area contributed by atoms with Crippen molar-refractivity contribution in [3.05, 3.63) is 76.9 Å². The molecule has 2 aliphatic rings. The van der Waals surface area contributed by atoms with E-state index < -0.39 is 17.7 Å². The first-order valence-electron chi connectivity index (χ1n) is 10.8. The minimum absolute atomic E-state index is 0.0118. The summed E-state index contributed by atoms with van der Waals surface area (Å²) in [7, 11) is 0. The summed E-state index contributed by atoms with van der Waals surface area (Å²) in [4.78, 5) is 27.7. The molecule has 2 aromatic rings. The van der Waals surface area contributed by atoms with Crippen LogP contribution in [0, 0.1) is 0 Å². The van der Waals surface area contributed by atoms with E-state index in [1.807, 2.05) is 30.3 Å². The SMILES string of the molecule is CC(C)(C)c1ccc(C2C(=C(O)c3ccccc3)C(=O)C(=O)N2CC2CCCO2)cc1. The Bertz CT molecular complexity index is 996. The Hall–Kier alpha value is -2.92. The predicted molar refractivity (Wildman–Crippen MR) is 120 cm³/mol. The predicted octanol–water partition coefficient (Wildman–Crippen LogP) is 4.58. The van der Waals surface area contributed by atoms with E-state index in [-0.39, 0.29) is 22.9 Å². The van der Waals surface area contributed by atoms with Crippen LogP contribution in [-0.4, -0.2) is 41.0 Å². The summed E-state index contributed by atoms with van der Waals surface area (Å²) in [5, 5.41) is 11.1. The van der Waals surface area contributed by atoms with E-state index in [2.05, 4.69) is 20.8 Å². The number of hydrogen-bond acceptors (Lipinski definition) is 4. The van der Waals surface area contributed by atoms with Crippen molar-refractivity contribution in [2.75, 3.05) is 13.2 Å². The van der Waals surface area contributed by atoms with E-state index in [4.69, 9.17) is 4.74 Å². The van der Waals surface area contributed by atoms with Gasteiger partial charge in [0.1, 0.15) is 5.76 Å². The average molecular weight is 420 g/mol. The number of rotatable bonds is 4. The standard InChI is InChI=1S/C26H29NO4/c1-26(2,3)19-13-11-17(12-14-19)22-21(23(28)18-8-5-4-6-9-18)24(29)25(30)27(22)16-20-10-7-15-31-20/h4-6,8-9,11-14,20,22,28H,7,10,15-16H2,1-3H3. The Labute approximate surface area is 183 Å². The molecule has 162 valence electrons. The fraction of sp³-hybridized carbons (Fsp3) is 0.385. The molecular weight excluding hydrogens is 390 g/mol. The first kappa shape index (κ1) is 21.3. The van der Waals surface area contributed by atoms with Gasteiger partial charge in [0.05, 0.1) is 17.7 Å².